The van der Waals surface area contributed by atoms with E-state index in [0.717, 1.165) is 18.2 Å². The van der Waals surface area contributed by atoms with E-state index in [1.54, 1.807) is 12.5 Å². The summed E-state index contributed by atoms with van der Waals surface area (Å²) < 4.78 is 49.6. The van der Waals surface area contributed by atoms with Crippen molar-refractivity contribution in [3.8, 4) is 0 Å². The van der Waals surface area contributed by atoms with Gasteiger partial charge in [0.1, 0.15) is 6.61 Å². The molecule has 1 aliphatic heterocycles. The number of nitrogens with zero attached hydrogens (tertiary/aromatic N) is 2. The lowest BCUT2D eigenvalue weighted by atomic mass is 9.94. The minimum atomic E-state index is -3.70. The molecule has 0 spiro atoms. The third-order valence-corrected chi connectivity index (χ3v) is 5.36. The van der Waals surface area contributed by atoms with Gasteiger partial charge in [-0.1, -0.05) is 44.2 Å². The van der Waals surface area contributed by atoms with Gasteiger partial charge in [-0.25, -0.2) is 4.98 Å². The Morgan fingerprint density at radius 2 is 2.00 bits per heavy atom. The van der Waals surface area contributed by atoms with Gasteiger partial charge in [0, 0.05) is 25.4 Å². The van der Waals surface area contributed by atoms with E-state index in [-0.39, 0.29) is 6.61 Å². The molecule has 0 bridgehead atoms. The zero-order chi connectivity index (χ0) is 21.0. The van der Waals surface area contributed by atoms with Gasteiger partial charge in [-0.15, -0.1) is 0 Å². The van der Waals surface area contributed by atoms with Crippen molar-refractivity contribution in [2.75, 3.05) is 19.5 Å². The van der Waals surface area contributed by atoms with E-state index in [1.165, 1.54) is 0 Å². The van der Waals surface area contributed by atoms with E-state index in [0.29, 0.717) is 19.6 Å². The van der Waals surface area contributed by atoms with E-state index >= 15 is 0 Å². The van der Waals surface area contributed by atoms with Crippen LogP contribution in [0.25, 0.3) is 0 Å². The van der Waals surface area contributed by atoms with Crippen LogP contribution in [0.1, 0.15) is 32.3 Å². The number of benzene rings is 1. The molecule has 2 heterocycles. The van der Waals surface area contributed by atoms with Crippen LogP contribution in [0.2, 0.25) is 0 Å². The molecule has 2 aromatic rings. The van der Waals surface area contributed by atoms with E-state index in [1.807, 2.05) is 54.9 Å². The Balaban J connectivity index is 2.03. The third kappa shape index (κ3) is 5.04. The summed E-state index contributed by atoms with van der Waals surface area (Å²) in [5.74, 6) is -1.03. The molecule has 1 aromatic carbocycles. The second-order valence-corrected chi connectivity index (χ2v) is 8.79. The molecule has 0 N–H and O–H groups in total. The first kappa shape index (κ1) is 21.9. The van der Waals surface area contributed by atoms with Crippen LogP contribution >= 0.6 is 0 Å². The van der Waals surface area contributed by atoms with Gasteiger partial charge in [-0.3, -0.25) is 4.18 Å². The van der Waals surface area contributed by atoms with Crippen LogP contribution in [0, 0.1) is 0 Å². The van der Waals surface area contributed by atoms with Crippen molar-refractivity contribution < 1.29 is 26.8 Å². The Hall–Kier alpha value is -1.78. The molecule has 0 radical (unpaired) electrons. The molecule has 29 heavy (non-hydrogen) atoms. The average Bonchev–Trinajstić information content (AvgIpc) is 3.32. The molecular weight excluding hydrogens is 396 g/mol. The first-order chi connectivity index (χ1) is 13.8. The quantitative estimate of drug-likeness (QED) is 0.542. The Morgan fingerprint density at radius 1 is 1.24 bits per heavy atom. The first-order valence-electron chi connectivity index (χ1n) is 9.68. The van der Waals surface area contributed by atoms with E-state index < -0.39 is 27.8 Å². The zero-order valence-electron chi connectivity index (χ0n) is 17.0. The van der Waals surface area contributed by atoms with Gasteiger partial charge < -0.3 is 18.8 Å². The Bertz CT molecular complexity index is 874. The van der Waals surface area contributed by atoms with E-state index in [2.05, 4.69) is 4.98 Å². The highest BCUT2D eigenvalue weighted by Crippen LogP contribution is 2.47. The third-order valence-electron chi connectivity index (χ3n) is 4.82. The number of aromatic nitrogens is 2. The van der Waals surface area contributed by atoms with Crippen molar-refractivity contribution in [1.82, 2.24) is 9.55 Å². The predicted octanol–water partition coefficient (Wildman–Crippen LogP) is 2.66. The Kier molecular flexibility index (Phi) is 6.75. The van der Waals surface area contributed by atoms with E-state index in [4.69, 9.17) is 18.4 Å². The summed E-state index contributed by atoms with van der Waals surface area (Å²) in [5, 5.41) is 0. The molecule has 8 nitrogen and oxygen atoms in total. The number of hydrogen-bond acceptors (Lipinski definition) is 7. The normalized spacial score (nSPS) is 27.3. The largest absolute Gasteiger partial charge is 0.349 e. The highest BCUT2D eigenvalue weighted by atomic mass is 32.2. The van der Waals surface area contributed by atoms with Gasteiger partial charge in [0.15, 0.2) is 17.7 Å². The predicted molar refractivity (Wildman–Crippen MR) is 106 cm³/mol. The topological polar surface area (TPSA) is 88.9 Å². The van der Waals surface area contributed by atoms with Crippen LogP contribution in [-0.2, 0) is 40.7 Å². The van der Waals surface area contributed by atoms with Gasteiger partial charge in [0.25, 0.3) is 10.1 Å². The molecule has 9 heteroatoms. The summed E-state index contributed by atoms with van der Waals surface area (Å²) in [4.78, 5) is 4.08. The fourth-order valence-electron chi connectivity index (χ4n) is 3.37. The smallest absolute Gasteiger partial charge is 0.264 e. The molecule has 1 saturated heterocycles. The lowest BCUT2D eigenvalue weighted by molar-refractivity contribution is -0.221. The minimum absolute atomic E-state index is 0.254. The lowest BCUT2D eigenvalue weighted by Crippen LogP contribution is -2.44. The summed E-state index contributed by atoms with van der Waals surface area (Å²) in [6.07, 6.45) is 6.66. The van der Waals surface area contributed by atoms with Crippen molar-refractivity contribution in [1.29, 1.82) is 0 Å². The molecule has 0 saturated carbocycles. The maximum Gasteiger partial charge on any atom is 0.264 e. The zero-order valence-corrected chi connectivity index (χ0v) is 17.8. The average molecular weight is 425 g/mol. The van der Waals surface area contributed by atoms with Gasteiger partial charge in [0.2, 0.25) is 0 Å². The number of imidazole rings is 1. The molecule has 0 amide bonds. The van der Waals surface area contributed by atoms with Gasteiger partial charge in [-0.2, -0.15) is 8.42 Å². The molecule has 3 unspecified atom stereocenters. The van der Waals surface area contributed by atoms with Crippen molar-refractivity contribution in [2.45, 2.75) is 50.9 Å². The number of hydrogen-bond donors (Lipinski definition) is 0. The fraction of sp³-hybridized carbons (Fsp3) is 0.550. The highest BCUT2D eigenvalue weighted by Gasteiger charge is 2.59. The maximum atomic E-state index is 11.8. The van der Waals surface area contributed by atoms with Crippen molar-refractivity contribution in [2.24, 2.45) is 0 Å². The van der Waals surface area contributed by atoms with Crippen LogP contribution < -0.4 is 0 Å². The molecule has 3 rings (SSSR count). The summed E-state index contributed by atoms with van der Waals surface area (Å²) in [6.45, 7) is 4.50. The van der Waals surface area contributed by atoms with Crippen molar-refractivity contribution >= 4 is 10.1 Å². The van der Waals surface area contributed by atoms with Crippen molar-refractivity contribution in [3.63, 3.8) is 0 Å². The second kappa shape index (κ2) is 8.93. The van der Waals surface area contributed by atoms with Gasteiger partial charge >= 0.3 is 0 Å². The van der Waals surface area contributed by atoms with E-state index in [9.17, 15) is 8.42 Å². The minimum Gasteiger partial charge on any atom is -0.349 e. The maximum absolute atomic E-state index is 11.8. The number of rotatable bonds is 10. The van der Waals surface area contributed by atoms with Gasteiger partial charge in [-0.05, 0) is 12.0 Å². The second-order valence-electron chi connectivity index (χ2n) is 7.14. The summed E-state index contributed by atoms with van der Waals surface area (Å²) >= 11 is 0. The first-order valence-corrected chi connectivity index (χ1v) is 11.5. The SMILES string of the molecule is CCCOC1OC(CC)(Cn2ccnc2)OC1(COS(C)(=O)=O)c1ccccc1. The lowest BCUT2D eigenvalue weighted by Gasteiger charge is -2.33. The molecule has 1 aliphatic rings. The highest BCUT2D eigenvalue weighted by molar-refractivity contribution is 7.85. The molecule has 160 valence electrons. The molecular formula is C20H28N2O6S. The molecule has 0 aliphatic carbocycles. The van der Waals surface area contributed by atoms with Crippen LogP contribution in [-0.4, -0.2) is 49.5 Å². The molecule has 1 aromatic heterocycles. The number of ether oxygens (including phenoxy) is 3. The van der Waals surface area contributed by atoms with Gasteiger partial charge in [0.05, 0.1) is 19.1 Å². The van der Waals surface area contributed by atoms with Crippen LogP contribution in [0.5, 0.6) is 0 Å². The fourth-order valence-corrected chi connectivity index (χ4v) is 3.76. The summed E-state index contributed by atoms with van der Waals surface area (Å²) in [5.41, 5.74) is -0.512. The summed E-state index contributed by atoms with van der Waals surface area (Å²) in [7, 11) is -3.70. The Labute approximate surface area is 171 Å². The summed E-state index contributed by atoms with van der Waals surface area (Å²) in [6, 6.07) is 9.32. The van der Waals surface area contributed by atoms with Crippen LogP contribution in [0.3, 0.4) is 0 Å². The molecule has 1 fully saturated rings. The monoisotopic (exact) mass is 424 g/mol. The van der Waals surface area contributed by atoms with Crippen LogP contribution in [0.15, 0.2) is 49.1 Å². The Morgan fingerprint density at radius 3 is 2.59 bits per heavy atom. The standard InChI is InChI=1S/C20H28N2O6S/c1-4-13-25-18-20(15-26-29(3,23)24,17-9-7-6-8-10-17)28-19(5-2,27-18)14-22-12-11-21-16-22/h6-12,16,18H,4-5,13-15H2,1-3H3. The van der Waals surface area contributed by atoms with Crippen LogP contribution in [0.4, 0.5) is 0 Å². The van der Waals surface area contributed by atoms with Crippen molar-refractivity contribution in [3.05, 3.63) is 54.6 Å². The molecule has 3 atom stereocenters.